The minimum atomic E-state index is -0.106. The van der Waals surface area contributed by atoms with Crippen LogP contribution in [-0.4, -0.2) is 5.91 Å². The molecule has 0 fully saturated rings. The van der Waals surface area contributed by atoms with E-state index in [1.165, 1.54) is 0 Å². The fourth-order valence-corrected chi connectivity index (χ4v) is 4.72. The molecule has 0 aromatic heterocycles. The number of ether oxygens (including phenoxy) is 1. The molecule has 31 heavy (non-hydrogen) atoms. The Balaban J connectivity index is 1.43. The molecule has 0 aliphatic carbocycles. The third kappa shape index (κ3) is 4.05. The Labute approximate surface area is 190 Å². The van der Waals surface area contributed by atoms with E-state index < -0.39 is 0 Å². The van der Waals surface area contributed by atoms with Crippen LogP contribution in [0.15, 0.2) is 107 Å². The quantitative estimate of drug-likeness (QED) is 0.330. The minimum Gasteiger partial charge on any atom is -0.489 e. The van der Waals surface area contributed by atoms with Crippen molar-refractivity contribution >= 4 is 40.6 Å². The second-order valence-electron chi connectivity index (χ2n) is 7.12. The van der Waals surface area contributed by atoms with Gasteiger partial charge in [-0.15, -0.1) is 0 Å². The first-order valence-electron chi connectivity index (χ1n) is 9.87. The van der Waals surface area contributed by atoms with E-state index in [1.54, 1.807) is 28.8 Å². The molecular weight excluding hydrogens is 426 g/mol. The van der Waals surface area contributed by atoms with Crippen molar-refractivity contribution in [3.05, 3.63) is 113 Å². The van der Waals surface area contributed by atoms with Gasteiger partial charge in [0.2, 0.25) is 0 Å². The summed E-state index contributed by atoms with van der Waals surface area (Å²) >= 11 is 7.90. The highest BCUT2D eigenvalue weighted by molar-refractivity contribution is 7.99. The lowest BCUT2D eigenvalue weighted by molar-refractivity contribution is 0.0998. The van der Waals surface area contributed by atoms with Crippen LogP contribution < -0.4 is 9.64 Å². The average Bonchev–Trinajstić information content (AvgIpc) is 2.82. The predicted octanol–water partition coefficient (Wildman–Crippen LogP) is 7.36. The Hall–Kier alpha value is -3.21. The zero-order valence-electron chi connectivity index (χ0n) is 16.5. The molecule has 4 aromatic rings. The number of para-hydroxylation sites is 1. The molecule has 1 aliphatic heterocycles. The standard InChI is InChI=1S/C26H18ClNO2S/c27-20-12-15-25-23(16-20)28(22-8-4-5-9-24(22)31-25)26(29)19-10-13-21(14-11-19)30-17-18-6-2-1-3-7-18/h1-16H,17H2. The largest absolute Gasteiger partial charge is 0.489 e. The van der Waals surface area contributed by atoms with E-state index in [0.29, 0.717) is 17.2 Å². The molecule has 0 spiro atoms. The van der Waals surface area contributed by atoms with E-state index in [2.05, 4.69) is 0 Å². The Morgan fingerprint density at radius 1 is 0.806 bits per heavy atom. The number of amides is 1. The van der Waals surface area contributed by atoms with Gasteiger partial charge < -0.3 is 4.74 Å². The second-order valence-corrected chi connectivity index (χ2v) is 8.64. The summed E-state index contributed by atoms with van der Waals surface area (Å²) in [6.07, 6.45) is 0. The smallest absolute Gasteiger partial charge is 0.262 e. The number of carbonyl (C=O) groups excluding carboxylic acids is 1. The highest BCUT2D eigenvalue weighted by Crippen LogP contribution is 2.49. The fourth-order valence-electron chi connectivity index (χ4n) is 3.51. The van der Waals surface area contributed by atoms with Crippen molar-refractivity contribution in [2.75, 3.05) is 4.90 Å². The Kier molecular flexibility index (Phi) is 5.41. The van der Waals surface area contributed by atoms with Gasteiger partial charge in [-0.1, -0.05) is 65.8 Å². The van der Waals surface area contributed by atoms with E-state index in [9.17, 15) is 4.79 Å². The van der Waals surface area contributed by atoms with Crippen LogP contribution in [0.1, 0.15) is 15.9 Å². The van der Waals surface area contributed by atoms with Crippen LogP contribution >= 0.6 is 23.4 Å². The lowest BCUT2D eigenvalue weighted by Crippen LogP contribution is -2.28. The number of carbonyl (C=O) groups is 1. The summed E-state index contributed by atoms with van der Waals surface area (Å²) < 4.78 is 5.85. The number of halogens is 1. The second kappa shape index (κ2) is 8.50. The molecular formula is C26H18ClNO2S. The monoisotopic (exact) mass is 443 g/mol. The maximum Gasteiger partial charge on any atom is 0.262 e. The molecule has 0 saturated heterocycles. The van der Waals surface area contributed by atoms with Crippen LogP contribution in [0.25, 0.3) is 0 Å². The molecule has 0 atom stereocenters. The summed E-state index contributed by atoms with van der Waals surface area (Å²) in [4.78, 5) is 17.3. The molecule has 0 saturated carbocycles. The number of fused-ring (bicyclic) bond motifs is 2. The van der Waals surface area contributed by atoms with Crippen LogP contribution in [0.5, 0.6) is 5.75 Å². The van der Waals surface area contributed by atoms with E-state index in [1.807, 2.05) is 84.9 Å². The van der Waals surface area contributed by atoms with E-state index in [4.69, 9.17) is 16.3 Å². The summed E-state index contributed by atoms with van der Waals surface area (Å²) in [5.41, 5.74) is 3.33. The summed E-state index contributed by atoms with van der Waals surface area (Å²) in [6.45, 7) is 0.483. The molecule has 1 heterocycles. The van der Waals surface area contributed by atoms with Gasteiger partial charge in [-0.05, 0) is 60.2 Å². The fraction of sp³-hybridized carbons (Fsp3) is 0.0385. The van der Waals surface area contributed by atoms with Crippen LogP contribution in [0.3, 0.4) is 0 Å². The first-order valence-corrected chi connectivity index (χ1v) is 11.1. The summed E-state index contributed by atoms with van der Waals surface area (Å²) in [6, 6.07) is 30.8. The number of benzene rings is 4. The van der Waals surface area contributed by atoms with Crippen molar-refractivity contribution in [3.8, 4) is 5.75 Å². The van der Waals surface area contributed by atoms with Crippen LogP contribution in [0, 0.1) is 0 Å². The van der Waals surface area contributed by atoms with Gasteiger partial charge in [0, 0.05) is 20.4 Å². The molecule has 4 aromatic carbocycles. The SMILES string of the molecule is O=C(c1ccc(OCc2ccccc2)cc1)N1c2ccccc2Sc2ccc(Cl)cc21. The predicted molar refractivity (Wildman–Crippen MR) is 126 cm³/mol. The number of anilines is 2. The van der Waals surface area contributed by atoms with Crippen molar-refractivity contribution in [1.82, 2.24) is 0 Å². The molecule has 1 aliphatic rings. The highest BCUT2D eigenvalue weighted by atomic mass is 35.5. The van der Waals surface area contributed by atoms with Crippen molar-refractivity contribution in [3.63, 3.8) is 0 Å². The van der Waals surface area contributed by atoms with Gasteiger partial charge in [-0.3, -0.25) is 9.69 Å². The first kappa shape index (κ1) is 19.7. The molecule has 152 valence electrons. The van der Waals surface area contributed by atoms with Gasteiger partial charge in [0.15, 0.2) is 0 Å². The Morgan fingerprint density at radius 3 is 2.32 bits per heavy atom. The van der Waals surface area contributed by atoms with E-state index in [0.717, 1.165) is 32.5 Å². The average molecular weight is 444 g/mol. The Morgan fingerprint density at radius 2 is 1.52 bits per heavy atom. The normalized spacial score (nSPS) is 12.1. The molecule has 5 heteroatoms. The number of hydrogen-bond acceptors (Lipinski definition) is 3. The summed E-state index contributed by atoms with van der Waals surface area (Å²) in [7, 11) is 0. The van der Waals surface area contributed by atoms with Gasteiger partial charge in [0.1, 0.15) is 12.4 Å². The molecule has 0 N–H and O–H groups in total. The van der Waals surface area contributed by atoms with Crippen molar-refractivity contribution < 1.29 is 9.53 Å². The van der Waals surface area contributed by atoms with E-state index in [-0.39, 0.29) is 5.91 Å². The van der Waals surface area contributed by atoms with Crippen molar-refractivity contribution in [2.45, 2.75) is 16.4 Å². The van der Waals surface area contributed by atoms with Gasteiger partial charge in [0.05, 0.1) is 11.4 Å². The molecule has 0 radical (unpaired) electrons. The summed E-state index contributed by atoms with van der Waals surface area (Å²) in [5.74, 6) is 0.615. The number of rotatable bonds is 4. The van der Waals surface area contributed by atoms with Gasteiger partial charge in [0.25, 0.3) is 5.91 Å². The molecule has 0 bridgehead atoms. The molecule has 5 rings (SSSR count). The third-order valence-electron chi connectivity index (χ3n) is 5.04. The lowest BCUT2D eigenvalue weighted by Gasteiger charge is -2.31. The maximum absolute atomic E-state index is 13.6. The van der Waals surface area contributed by atoms with Crippen LogP contribution in [-0.2, 0) is 6.61 Å². The number of hydrogen-bond donors (Lipinski definition) is 0. The lowest BCUT2D eigenvalue weighted by atomic mass is 10.1. The van der Waals surface area contributed by atoms with Gasteiger partial charge in [-0.2, -0.15) is 0 Å². The Bertz CT molecular complexity index is 1240. The van der Waals surface area contributed by atoms with E-state index >= 15 is 0 Å². The van der Waals surface area contributed by atoms with Crippen LogP contribution in [0.4, 0.5) is 11.4 Å². The van der Waals surface area contributed by atoms with Crippen molar-refractivity contribution in [2.24, 2.45) is 0 Å². The van der Waals surface area contributed by atoms with Gasteiger partial charge in [-0.25, -0.2) is 0 Å². The zero-order valence-corrected chi connectivity index (χ0v) is 18.1. The molecule has 1 amide bonds. The minimum absolute atomic E-state index is 0.106. The van der Waals surface area contributed by atoms with Crippen LogP contribution in [0.2, 0.25) is 5.02 Å². The third-order valence-corrected chi connectivity index (χ3v) is 6.41. The highest BCUT2D eigenvalue weighted by Gasteiger charge is 2.29. The molecule has 0 unspecified atom stereocenters. The van der Waals surface area contributed by atoms with Crippen molar-refractivity contribution in [1.29, 1.82) is 0 Å². The maximum atomic E-state index is 13.6. The molecule has 3 nitrogen and oxygen atoms in total. The zero-order chi connectivity index (χ0) is 21.2. The number of nitrogens with zero attached hydrogens (tertiary/aromatic N) is 1. The van der Waals surface area contributed by atoms with Gasteiger partial charge >= 0.3 is 0 Å². The summed E-state index contributed by atoms with van der Waals surface area (Å²) in [5, 5.41) is 0.598. The topological polar surface area (TPSA) is 29.5 Å². The first-order chi connectivity index (χ1) is 15.2.